The molecule has 1 amide bonds. The predicted molar refractivity (Wildman–Crippen MR) is 67.2 cm³/mol. The molecule has 0 bridgehead atoms. The first-order valence-electron chi connectivity index (χ1n) is 5.96. The first-order valence-corrected chi connectivity index (χ1v) is 7.41. The number of ether oxygens (including phenoxy) is 2. The van der Waals surface area contributed by atoms with Gasteiger partial charge in [-0.2, -0.15) is 8.42 Å². The fraction of sp³-hybridized carbons (Fsp3) is 0.818. The van der Waals surface area contributed by atoms with Crippen molar-refractivity contribution in [1.29, 1.82) is 0 Å². The summed E-state index contributed by atoms with van der Waals surface area (Å²) in [6.45, 7) is 4.43. The van der Waals surface area contributed by atoms with Crippen molar-refractivity contribution < 1.29 is 31.4 Å². The van der Waals surface area contributed by atoms with Gasteiger partial charge < -0.3 is 9.47 Å². The molecule has 20 heavy (non-hydrogen) atoms. The Morgan fingerprint density at radius 1 is 1.30 bits per heavy atom. The molecule has 0 N–H and O–H groups in total. The van der Waals surface area contributed by atoms with Crippen molar-refractivity contribution in [2.75, 3.05) is 13.7 Å². The standard InChI is InChI=1S/C11H18FNO6S/c1-11(2,3)19-10(15)13-6-7(20(12,16)17)5-8(13)9(14)18-4/h7-8H,5-6H2,1-4H3. The van der Waals surface area contributed by atoms with Crippen molar-refractivity contribution >= 4 is 22.3 Å². The zero-order valence-electron chi connectivity index (χ0n) is 11.8. The molecular formula is C11H18FNO6S. The molecule has 0 aromatic carbocycles. The highest BCUT2D eigenvalue weighted by atomic mass is 32.3. The van der Waals surface area contributed by atoms with Gasteiger partial charge in [0.1, 0.15) is 16.9 Å². The second kappa shape index (κ2) is 5.55. The van der Waals surface area contributed by atoms with Crippen LogP contribution in [0, 0.1) is 0 Å². The summed E-state index contributed by atoms with van der Waals surface area (Å²) in [5.41, 5.74) is -0.815. The Morgan fingerprint density at radius 2 is 1.85 bits per heavy atom. The van der Waals surface area contributed by atoms with Gasteiger partial charge in [0, 0.05) is 6.54 Å². The minimum atomic E-state index is -4.84. The van der Waals surface area contributed by atoms with Gasteiger partial charge in [0.25, 0.3) is 0 Å². The fourth-order valence-electron chi connectivity index (χ4n) is 1.88. The van der Waals surface area contributed by atoms with Crippen molar-refractivity contribution in [3.8, 4) is 0 Å². The maximum Gasteiger partial charge on any atom is 0.411 e. The van der Waals surface area contributed by atoms with Gasteiger partial charge >= 0.3 is 22.3 Å². The lowest BCUT2D eigenvalue weighted by Gasteiger charge is -2.27. The Hall–Kier alpha value is -1.38. The summed E-state index contributed by atoms with van der Waals surface area (Å²) in [7, 11) is -3.74. The third kappa shape index (κ3) is 4.06. The van der Waals surface area contributed by atoms with E-state index in [9.17, 15) is 21.9 Å². The Bertz CT molecular complexity index is 498. The van der Waals surface area contributed by atoms with Gasteiger partial charge in [0.15, 0.2) is 0 Å². The molecule has 0 aliphatic carbocycles. The number of rotatable bonds is 2. The van der Waals surface area contributed by atoms with Gasteiger partial charge in [-0.1, -0.05) is 0 Å². The van der Waals surface area contributed by atoms with Gasteiger partial charge in [-0.05, 0) is 27.2 Å². The van der Waals surface area contributed by atoms with Gasteiger partial charge in [-0.15, -0.1) is 3.89 Å². The summed E-state index contributed by atoms with van der Waals surface area (Å²) in [5, 5.41) is -1.45. The number of amides is 1. The van der Waals surface area contributed by atoms with E-state index in [-0.39, 0.29) is 6.42 Å². The van der Waals surface area contributed by atoms with Crippen LogP contribution in [0.15, 0.2) is 0 Å². The van der Waals surface area contributed by atoms with Crippen molar-refractivity contribution in [2.24, 2.45) is 0 Å². The number of halogens is 1. The fourth-order valence-corrected chi connectivity index (χ4v) is 2.63. The van der Waals surface area contributed by atoms with Crippen LogP contribution in [0.25, 0.3) is 0 Å². The van der Waals surface area contributed by atoms with Gasteiger partial charge in [0.2, 0.25) is 0 Å². The van der Waals surface area contributed by atoms with Crippen LogP contribution in [-0.4, -0.2) is 55.9 Å². The maximum atomic E-state index is 13.1. The average molecular weight is 311 g/mol. The normalized spacial score (nSPS) is 23.6. The number of hydrogen-bond acceptors (Lipinski definition) is 6. The molecular weight excluding hydrogens is 293 g/mol. The number of carbonyl (C=O) groups excluding carboxylic acids is 2. The number of carbonyl (C=O) groups is 2. The quantitative estimate of drug-likeness (QED) is 0.554. The summed E-state index contributed by atoms with van der Waals surface area (Å²) >= 11 is 0. The van der Waals surface area contributed by atoms with Crippen LogP contribution < -0.4 is 0 Å². The molecule has 0 saturated carbocycles. The van der Waals surface area contributed by atoms with Crippen LogP contribution in [0.1, 0.15) is 27.2 Å². The van der Waals surface area contributed by atoms with E-state index < -0.39 is 45.7 Å². The largest absolute Gasteiger partial charge is 0.467 e. The number of nitrogens with zero attached hydrogens (tertiary/aromatic N) is 1. The summed E-state index contributed by atoms with van der Waals surface area (Å²) < 4.78 is 44.5. The molecule has 1 saturated heterocycles. The lowest BCUT2D eigenvalue weighted by Crippen LogP contribution is -2.44. The summed E-state index contributed by atoms with van der Waals surface area (Å²) in [4.78, 5) is 24.4. The Balaban J connectivity index is 2.96. The number of methoxy groups -OCH3 is 1. The minimum Gasteiger partial charge on any atom is -0.467 e. The predicted octanol–water partition coefficient (Wildman–Crippen LogP) is 0.837. The second-order valence-corrected chi connectivity index (χ2v) is 7.12. The Kier molecular flexibility index (Phi) is 4.62. The molecule has 1 rings (SSSR count). The molecule has 0 radical (unpaired) electrons. The molecule has 1 aliphatic rings. The van der Waals surface area contributed by atoms with E-state index in [1.807, 2.05) is 0 Å². The molecule has 0 aromatic heterocycles. The van der Waals surface area contributed by atoms with E-state index in [0.29, 0.717) is 0 Å². The van der Waals surface area contributed by atoms with E-state index in [2.05, 4.69) is 4.74 Å². The molecule has 9 heteroatoms. The lowest BCUT2D eigenvalue weighted by atomic mass is 10.2. The Morgan fingerprint density at radius 3 is 2.25 bits per heavy atom. The van der Waals surface area contributed by atoms with E-state index >= 15 is 0 Å². The number of likely N-dealkylation sites (tertiary alicyclic amines) is 1. The molecule has 0 aromatic rings. The zero-order valence-corrected chi connectivity index (χ0v) is 12.6. The summed E-state index contributed by atoms with van der Waals surface area (Å²) in [6, 6.07) is -1.16. The molecule has 116 valence electrons. The van der Waals surface area contributed by atoms with E-state index in [0.717, 1.165) is 12.0 Å². The number of esters is 1. The highest BCUT2D eigenvalue weighted by Crippen LogP contribution is 2.27. The van der Waals surface area contributed by atoms with E-state index in [1.165, 1.54) is 0 Å². The smallest absolute Gasteiger partial charge is 0.411 e. The Labute approximate surface area is 117 Å². The topological polar surface area (TPSA) is 90.0 Å². The van der Waals surface area contributed by atoms with Crippen LogP contribution in [0.2, 0.25) is 0 Å². The maximum absolute atomic E-state index is 13.1. The van der Waals surface area contributed by atoms with Crippen LogP contribution >= 0.6 is 0 Å². The van der Waals surface area contributed by atoms with Crippen molar-refractivity contribution in [3.63, 3.8) is 0 Å². The third-order valence-corrected chi connectivity index (χ3v) is 3.90. The van der Waals surface area contributed by atoms with Crippen molar-refractivity contribution in [3.05, 3.63) is 0 Å². The molecule has 0 spiro atoms. The third-order valence-electron chi connectivity index (χ3n) is 2.76. The first-order chi connectivity index (χ1) is 8.95. The minimum absolute atomic E-state index is 0.343. The van der Waals surface area contributed by atoms with E-state index in [4.69, 9.17) is 4.74 Å². The second-order valence-electron chi connectivity index (χ2n) is 5.50. The SMILES string of the molecule is COC(=O)C1CC(S(=O)(=O)F)CN1C(=O)OC(C)(C)C. The highest BCUT2D eigenvalue weighted by Gasteiger charge is 2.47. The molecule has 2 unspecified atom stereocenters. The highest BCUT2D eigenvalue weighted by molar-refractivity contribution is 7.87. The average Bonchev–Trinajstić information content (AvgIpc) is 2.69. The summed E-state index contributed by atoms with van der Waals surface area (Å²) in [6.07, 6.45) is -1.22. The molecule has 1 fully saturated rings. The van der Waals surface area contributed by atoms with E-state index in [1.54, 1.807) is 20.8 Å². The molecule has 1 aliphatic heterocycles. The van der Waals surface area contributed by atoms with Gasteiger partial charge in [-0.25, -0.2) is 9.59 Å². The monoisotopic (exact) mass is 311 g/mol. The van der Waals surface area contributed by atoms with Crippen LogP contribution in [0.3, 0.4) is 0 Å². The van der Waals surface area contributed by atoms with Crippen molar-refractivity contribution in [2.45, 2.75) is 44.1 Å². The van der Waals surface area contributed by atoms with Crippen LogP contribution in [0.4, 0.5) is 8.68 Å². The molecule has 2 atom stereocenters. The van der Waals surface area contributed by atoms with Gasteiger partial charge in [-0.3, -0.25) is 4.90 Å². The summed E-state index contributed by atoms with van der Waals surface area (Å²) in [5.74, 6) is -0.804. The van der Waals surface area contributed by atoms with Crippen molar-refractivity contribution in [1.82, 2.24) is 4.90 Å². The molecule has 1 heterocycles. The van der Waals surface area contributed by atoms with Gasteiger partial charge in [0.05, 0.1) is 7.11 Å². The zero-order chi connectivity index (χ0) is 15.7. The lowest BCUT2D eigenvalue weighted by molar-refractivity contribution is -0.145. The van der Waals surface area contributed by atoms with Crippen LogP contribution in [-0.2, 0) is 24.5 Å². The molecule has 7 nitrogen and oxygen atoms in total. The first kappa shape index (κ1) is 16.7. The number of hydrogen-bond donors (Lipinski definition) is 0. The van der Waals surface area contributed by atoms with Crippen LogP contribution in [0.5, 0.6) is 0 Å².